The maximum atomic E-state index is 12.3. The Morgan fingerprint density at radius 3 is 2.51 bits per heavy atom. The molecule has 0 spiro atoms. The molecule has 3 aromatic rings. The van der Waals surface area contributed by atoms with Crippen LogP contribution in [0, 0.1) is 13.8 Å². The summed E-state index contributed by atoms with van der Waals surface area (Å²) in [6.07, 6.45) is 0.798. The summed E-state index contributed by atoms with van der Waals surface area (Å²) in [5.74, 6) is -0.299. The van der Waals surface area contributed by atoms with E-state index >= 15 is 0 Å². The molecular formula is C26H32N6O2S. The van der Waals surface area contributed by atoms with Gasteiger partial charge in [-0.05, 0) is 43.2 Å². The Bertz CT molecular complexity index is 1140. The highest BCUT2D eigenvalue weighted by Gasteiger charge is 2.19. The molecular weight excluding hydrogens is 460 g/mol. The van der Waals surface area contributed by atoms with E-state index in [1.54, 1.807) is 0 Å². The van der Waals surface area contributed by atoms with Gasteiger partial charge in [0, 0.05) is 63.5 Å². The lowest BCUT2D eigenvalue weighted by Gasteiger charge is -2.37. The van der Waals surface area contributed by atoms with Gasteiger partial charge in [0.1, 0.15) is 5.01 Å². The number of para-hydroxylation sites is 1. The fourth-order valence-electron chi connectivity index (χ4n) is 4.11. The summed E-state index contributed by atoms with van der Waals surface area (Å²) in [6.45, 7) is 9.78. The Morgan fingerprint density at radius 2 is 1.74 bits per heavy atom. The first-order chi connectivity index (χ1) is 17.0. The molecule has 1 aliphatic heterocycles. The largest absolute Gasteiger partial charge is 0.369 e. The summed E-state index contributed by atoms with van der Waals surface area (Å²) in [7, 11) is 0. The second-order valence-electron chi connectivity index (χ2n) is 8.72. The van der Waals surface area contributed by atoms with Crippen molar-refractivity contribution in [2.45, 2.75) is 26.7 Å². The number of benzene rings is 2. The van der Waals surface area contributed by atoms with Gasteiger partial charge in [-0.3, -0.25) is 14.5 Å². The zero-order valence-electron chi connectivity index (χ0n) is 20.3. The maximum absolute atomic E-state index is 12.3. The molecule has 9 heteroatoms. The molecule has 2 aromatic carbocycles. The molecule has 0 radical (unpaired) electrons. The average Bonchev–Trinajstić information content (AvgIpc) is 3.35. The highest BCUT2D eigenvalue weighted by Crippen LogP contribution is 2.23. The van der Waals surface area contributed by atoms with Crippen molar-refractivity contribution in [3.05, 3.63) is 69.7 Å². The van der Waals surface area contributed by atoms with Crippen molar-refractivity contribution in [1.82, 2.24) is 20.4 Å². The van der Waals surface area contributed by atoms with Gasteiger partial charge in [0.2, 0.25) is 10.9 Å². The number of carbonyl (C=O) groups is 2. The van der Waals surface area contributed by atoms with E-state index in [1.807, 2.05) is 30.3 Å². The van der Waals surface area contributed by atoms with Crippen molar-refractivity contribution in [1.29, 1.82) is 0 Å². The monoisotopic (exact) mass is 492 g/mol. The van der Waals surface area contributed by atoms with Crippen molar-refractivity contribution in [2.24, 2.45) is 0 Å². The van der Waals surface area contributed by atoms with Crippen LogP contribution in [0.2, 0.25) is 0 Å². The SMILES string of the molecule is Cc1cccc(N2CCN(CCNC(=O)CCc3nnc(C(=O)Nc4ccccc4)s3)CC2)c1C. The number of anilines is 2. The highest BCUT2D eigenvalue weighted by atomic mass is 32.1. The number of hydrogen-bond donors (Lipinski definition) is 2. The predicted octanol–water partition coefficient (Wildman–Crippen LogP) is 3.28. The number of piperazine rings is 1. The van der Waals surface area contributed by atoms with Crippen LogP contribution in [-0.4, -0.2) is 66.2 Å². The summed E-state index contributed by atoms with van der Waals surface area (Å²) in [6, 6.07) is 15.7. The number of amides is 2. The first-order valence-electron chi connectivity index (χ1n) is 12.0. The molecule has 2 amide bonds. The summed E-state index contributed by atoms with van der Waals surface area (Å²) in [5, 5.41) is 14.8. The Kier molecular flexibility index (Phi) is 8.44. The van der Waals surface area contributed by atoms with Gasteiger partial charge < -0.3 is 15.5 Å². The lowest BCUT2D eigenvalue weighted by atomic mass is 10.1. The molecule has 184 valence electrons. The van der Waals surface area contributed by atoms with Gasteiger partial charge in [-0.15, -0.1) is 10.2 Å². The first kappa shape index (κ1) is 24.8. The number of hydrogen-bond acceptors (Lipinski definition) is 7. The lowest BCUT2D eigenvalue weighted by Crippen LogP contribution is -2.48. The zero-order chi connectivity index (χ0) is 24.6. The molecule has 0 bridgehead atoms. The van der Waals surface area contributed by atoms with E-state index in [2.05, 4.69) is 62.7 Å². The van der Waals surface area contributed by atoms with Crippen molar-refractivity contribution >= 4 is 34.5 Å². The van der Waals surface area contributed by atoms with E-state index < -0.39 is 0 Å². The van der Waals surface area contributed by atoms with E-state index in [-0.39, 0.29) is 11.8 Å². The van der Waals surface area contributed by atoms with Gasteiger partial charge in [-0.1, -0.05) is 41.7 Å². The molecule has 35 heavy (non-hydrogen) atoms. The molecule has 4 rings (SSSR count). The van der Waals surface area contributed by atoms with E-state index in [0.717, 1.165) is 32.7 Å². The second-order valence-corrected chi connectivity index (χ2v) is 9.78. The van der Waals surface area contributed by atoms with Gasteiger partial charge in [0.25, 0.3) is 5.91 Å². The van der Waals surface area contributed by atoms with Crippen LogP contribution in [0.15, 0.2) is 48.5 Å². The van der Waals surface area contributed by atoms with Crippen LogP contribution in [0.25, 0.3) is 0 Å². The van der Waals surface area contributed by atoms with E-state index in [9.17, 15) is 9.59 Å². The number of aromatic nitrogens is 2. The Labute approximate surface area is 210 Å². The molecule has 0 aliphatic carbocycles. The minimum Gasteiger partial charge on any atom is -0.369 e. The number of carbonyl (C=O) groups excluding carboxylic acids is 2. The molecule has 0 unspecified atom stereocenters. The third-order valence-corrected chi connectivity index (χ3v) is 7.28. The highest BCUT2D eigenvalue weighted by molar-refractivity contribution is 7.13. The van der Waals surface area contributed by atoms with Crippen LogP contribution in [0.5, 0.6) is 0 Å². The second kappa shape index (κ2) is 11.9. The third kappa shape index (κ3) is 6.86. The van der Waals surface area contributed by atoms with Crippen molar-refractivity contribution in [3.63, 3.8) is 0 Å². The lowest BCUT2D eigenvalue weighted by molar-refractivity contribution is -0.121. The van der Waals surface area contributed by atoms with Gasteiger partial charge in [0.15, 0.2) is 0 Å². The van der Waals surface area contributed by atoms with E-state index in [1.165, 1.54) is 28.2 Å². The number of nitrogens with one attached hydrogen (secondary N) is 2. The molecule has 1 aromatic heterocycles. The Morgan fingerprint density at radius 1 is 0.971 bits per heavy atom. The Balaban J connectivity index is 1.13. The zero-order valence-corrected chi connectivity index (χ0v) is 21.1. The standard InChI is InChI=1S/C26H32N6O2S/c1-19-7-6-10-22(20(19)2)32-17-15-31(16-18-32)14-13-27-23(33)11-12-24-29-30-26(35-24)25(34)28-21-8-4-3-5-9-21/h3-10H,11-18H2,1-2H3,(H,27,33)(H,28,34). The normalized spacial score (nSPS) is 14.1. The molecule has 0 atom stereocenters. The van der Waals surface area contributed by atoms with Crippen LogP contribution < -0.4 is 15.5 Å². The molecule has 1 aliphatic rings. The van der Waals surface area contributed by atoms with Crippen molar-refractivity contribution in [3.8, 4) is 0 Å². The first-order valence-corrected chi connectivity index (χ1v) is 12.8. The maximum Gasteiger partial charge on any atom is 0.286 e. The summed E-state index contributed by atoms with van der Waals surface area (Å²) in [4.78, 5) is 29.4. The quantitative estimate of drug-likeness (QED) is 0.477. The number of rotatable bonds is 9. The Hall–Kier alpha value is -3.30. The molecule has 0 saturated carbocycles. The molecule has 2 N–H and O–H groups in total. The van der Waals surface area contributed by atoms with Crippen LogP contribution >= 0.6 is 11.3 Å². The topological polar surface area (TPSA) is 90.5 Å². The third-order valence-electron chi connectivity index (χ3n) is 6.30. The van der Waals surface area contributed by atoms with Crippen molar-refractivity contribution in [2.75, 3.05) is 49.5 Å². The number of nitrogens with zero attached hydrogens (tertiary/aromatic N) is 4. The minimum atomic E-state index is -0.290. The van der Waals surface area contributed by atoms with Gasteiger partial charge in [-0.25, -0.2) is 0 Å². The summed E-state index contributed by atoms with van der Waals surface area (Å²) >= 11 is 1.22. The fraction of sp³-hybridized carbons (Fsp3) is 0.385. The fourth-order valence-corrected chi connectivity index (χ4v) is 4.84. The molecule has 2 heterocycles. The van der Waals surface area contributed by atoms with E-state index in [4.69, 9.17) is 0 Å². The van der Waals surface area contributed by atoms with Gasteiger partial charge in [-0.2, -0.15) is 0 Å². The van der Waals surface area contributed by atoms with Crippen LogP contribution in [0.3, 0.4) is 0 Å². The van der Waals surface area contributed by atoms with Crippen LogP contribution in [-0.2, 0) is 11.2 Å². The summed E-state index contributed by atoms with van der Waals surface area (Å²) in [5.41, 5.74) is 4.72. The van der Waals surface area contributed by atoms with E-state index in [0.29, 0.717) is 35.1 Å². The van der Waals surface area contributed by atoms with Crippen LogP contribution in [0.4, 0.5) is 11.4 Å². The van der Waals surface area contributed by atoms with Crippen molar-refractivity contribution < 1.29 is 9.59 Å². The smallest absolute Gasteiger partial charge is 0.286 e. The summed E-state index contributed by atoms with van der Waals surface area (Å²) < 4.78 is 0. The average molecular weight is 493 g/mol. The minimum absolute atomic E-state index is 0.00971. The predicted molar refractivity (Wildman–Crippen MR) is 140 cm³/mol. The van der Waals surface area contributed by atoms with Gasteiger partial charge in [0.05, 0.1) is 0 Å². The number of aryl methyl sites for hydroxylation is 2. The van der Waals surface area contributed by atoms with Crippen LogP contribution in [0.1, 0.15) is 32.4 Å². The molecule has 8 nitrogen and oxygen atoms in total. The molecule has 1 saturated heterocycles. The molecule has 1 fully saturated rings. The van der Waals surface area contributed by atoms with Gasteiger partial charge >= 0.3 is 0 Å².